The lowest BCUT2D eigenvalue weighted by atomic mass is 10.2. The molecule has 0 saturated carbocycles. The number of amides is 2. The summed E-state index contributed by atoms with van der Waals surface area (Å²) in [6.45, 7) is 5.66. The first-order chi connectivity index (χ1) is 14.9. The van der Waals surface area contributed by atoms with Crippen molar-refractivity contribution in [2.75, 3.05) is 26.2 Å². The minimum atomic E-state index is -0.353. The van der Waals surface area contributed by atoms with Crippen LogP contribution in [0, 0.1) is 11.7 Å². The maximum absolute atomic E-state index is 13.5. The molecule has 31 heavy (non-hydrogen) atoms. The van der Waals surface area contributed by atoms with Crippen molar-refractivity contribution in [1.29, 1.82) is 0 Å². The predicted molar refractivity (Wildman–Crippen MR) is 113 cm³/mol. The summed E-state index contributed by atoms with van der Waals surface area (Å²) in [5.41, 5.74) is 1.45. The minimum Gasteiger partial charge on any atom is -0.370 e. The van der Waals surface area contributed by atoms with Gasteiger partial charge < -0.3 is 14.5 Å². The van der Waals surface area contributed by atoms with Crippen molar-refractivity contribution in [2.45, 2.75) is 39.4 Å². The predicted octanol–water partition coefficient (Wildman–Crippen LogP) is 2.46. The van der Waals surface area contributed by atoms with Gasteiger partial charge in [0.15, 0.2) is 0 Å². The molecule has 166 valence electrons. The molecule has 0 bridgehead atoms. The number of hydrogen-bond acceptors (Lipinski definition) is 5. The molecule has 7 nitrogen and oxygen atoms in total. The van der Waals surface area contributed by atoms with Gasteiger partial charge in [0, 0.05) is 44.6 Å². The van der Waals surface area contributed by atoms with Crippen LogP contribution >= 0.6 is 0 Å². The first-order valence-electron chi connectivity index (χ1n) is 10.6. The average molecular weight is 429 g/mol. The summed E-state index contributed by atoms with van der Waals surface area (Å²) in [6.07, 6.45) is 5.16. The molecule has 2 amide bonds. The Morgan fingerprint density at radius 1 is 1.29 bits per heavy atom. The van der Waals surface area contributed by atoms with Gasteiger partial charge in [-0.1, -0.05) is 26.0 Å². The molecule has 0 aliphatic carbocycles. The zero-order valence-electron chi connectivity index (χ0n) is 18.0. The van der Waals surface area contributed by atoms with Crippen molar-refractivity contribution in [3.63, 3.8) is 0 Å². The largest absolute Gasteiger partial charge is 0.370 e. The summed E-state index contributed by atoms with van der Waals surface area (Å²) in [5.74, 6) is -0.228. The number of nitrogens with zero attached hydrogens (tertiary/aromatic N) is 4. The smallest absolute Gasteiger partial charge is 0.242 e. The van der Waals surface area contributed by atoms with Crippen LogP contribution in [0.15, 0.2) is 42.9 Å². The molecule has 8 heteroatoms. The number of benzene rings is 1. The Hall–Kier alpha value is -2.87. The fraction of sp³-hybridized carbons (Fsp3) is 0.478. The number of carbonyl (C=O) groups excluding carboxylic acids is 2. The van der Waals surface area contributed by atoms with Gasteiger partial charge in [-0.15, -0.1) is 0 Å². The van der Waals surface area contributed by atoms with Gasteiger partial charge in [0.25, 0.3) is 0 Å². The number of carbonyl (C=O) groups is 2. The van der Waals surface area contributed by atoms with Crippen LogP contribution in [0.3, 0.4) is 0 Å². The highest BCUT2D eigenvalue weighted by Crippen LogP contribution is 2.15. The summed E-state index contributed by atoms with van der Waals surface area (Å²) < 4.78 is 19.5. The van der Waals surface area contributed by atoms with Crippen LogP contribution in [0.5, 0.6) is 0 Å². The molecule has 1 aliphatic rings. The highest BCUT2D eigenvalue weighted by atomic mass is 19.1. The van der Waals surface area contributed by atoms with E-state index in [2.05, 4.69) is 9.97 Å². The molecular weight excluding hydrogens is 399 g/mol. The Morgan fingerprint density at radius 2 is 2.13 bits per heavy atom. The first-order valence-corrected chi connectivity index (χ1v) is 10.6. The molecule has 1 unspecified atom stereocenters. The van der Waals surface area contributed by atoms with E-state index in [1.54, 1.807) is 40.5 Å². The summed E-state index contributed by atoms with van der Waals surface area (Å²) in [6, 6.07) is 6.24. The van der Waals surface area contributed by atoms with E-state index < -0.39 is 0 Å². The summed E-state index contributed by atoms with van der Waals surface area (Å²) >= 11 is 0. The van der Waals surface area contributed by atoms with Crippen molar-refractivity contribution in [1.82, 2.24) is 19.8 Å². The SMILES string of the molecule is CC(C)CN1CC(OCc2cccc(F)c2)CN(C(=O)CCc2cnccn2)CC1=O. The van der Waals surface area contributed by atoms with Crippen LogP contribution in [-0.4, -0.2) is 63.9 Å². The zero-order chi connectivity index (χ0) is 22.2. The van der Waals surface area contributed by atoms with Crippen LogP contribution in [0.25, 0.3) is 0 Å². The second-order valence-corrected chi connectivity index (χ2v) is 8.23. The van der Waals surface area contributed by atoms with Gasteiger partial charge in [-0.2, -0.15) is 0 Å². The van der Waals surface area contributed by atoms with Gasteiger partial charge in [-0.25, -0.2) is 4.39 Å². The lowest BCUT2D eigenvalue weighted by molar-refractivity contribution is -0.139. The topological polar surface area (TPSA) is 75.6 Å². The number of halogens is 1. The number of hydrogen-bond donors (Lipinski definition) is 0. The lowest BCUT2D eigenvalue weighted by Crippen LogP contribution is -2.40. The van der Waals surface area contributed by atoms with E-state index in [-0.39, 0.29) is 43.3 Å². The van der Waals surface area contributed by atoms with Crippen molar-refractivity contribution < 1.29 is 18.7 Å². The van der Waals surface area contributed by atoms with Gasteiger partial charge in [0.2, 0.25) is 11.8 Å². The Kier molecular flexibility index (Phi) is 8.06. The van der Waals surface area contributed by atoms with E-state index in [1.807, 2.05) is 13.8 Å². The van der Waals surface area contributed by atoms with Gasteiger partial charge in [0.05, 0.1) is 24.9 Å². The van der Waals surface area contributed by atoms with Crippen LogP contribution in [0.2, 0.25) is 0 Å². The van der Waals surface area contributed by atoms with E-state index in [4.69, 9.17) is 4.74 Å². The van der Waals surface area contributed by atoms with Crippen molar-refractivity contribution in [2.24, 2.45) is 5.92 Å². The maximum Gasteiger partial charge on any atom is 0.242 e. The molecule has 1 atom stereocenters. The van der Waals surface area contributed by atoms with Gasteiger partial charge in [-0.3, -0.25) is 19.6 Å². The third kappa shape index (κ3) is 7.10. The Bertz CT molecular complexity index is 878. The molecule has 0 spiro atoms. The van der Waals surface area contributed by atoms with E-state index in [1.165, 1.54) is 12.1 Å². The summed E-state index contributed by atoms with van der Waals surface area (Å²) in [4.78, 5) is 37.2. The molecule has 1 fully saturated rings. The lowest BCUT2D eigenvalue weighted by Gasteiger charge is -2.26. The van der Waals surface area contributed by atoms with E-state index in [0.29, 0.717) is 37.5 Å². The molecule has 1 aromatic carbocycles. The molecule has 1 aliphatic heterocycles. The van der Waals surface area contributed by atoms with Gasteiger partial charge in [-0.05, 0) is 30.0 Å². The Morgan fingerprint density at radius 3 is 2.84 bits per heavy atom. The number of ether oxygens (including phenoxy) is 1. The van der Waals surface area contributed by atoms with Gasteiger partial charge in [0.1, 0.15) is 5.82 Å². The van der Waals surface area contributed by atoms with Crippen LogP contribution in [0.4, 0.5) is 4.39 Å². The number of aromatic nitrogens is 2. The highest BCUT2D eigenvalue weighted by Gasteiger charge is 2.31. The molecule has 2 heterocycles. The molecular formula is C23H29FN4O3. The van der Waals surface area contributed by atoms with Crippen molar-refractivity contribution >= 4 is 11.8 Å². The normalized spacial score (nSPS) is 17.2. The second kappa shape index (κ2) is 10.9. The summed E-state index contributed by atoms with van der Waals surface area (Å²) in [7, 11) is 0. The molecule has 1 aromatic heterocycles. The Labute approximate surface area is 182 Å². The summed E-state index contributed by atoms with van der Waals surface area (Å²) in [5, 5.41) is 0. The van der Waals surface area contributed by atoms with Crippen LogP contribution < -0.4 is 0 Å². The van der Waals surface area contributed by atoms with Gasteiger partial charge >= 0.3 is 0 Å². The third-order valence-corrected chi connectivity index (χ3v) is 5.05. The maximum atomic E-state index is 13.5. The first kappa shape index (κ1) is 22.8. The molecule has 3 rings (SSSR count). The fourth-order valence-corrected chi connectivity index (χ4v) is 3.58. The van der Waals surface area contributed by atoms with E-state index >= 15 is 0 Å². The zero-order valence-corrected chi connectivity index (χ0v) is 18.0. The molecule has 0 N–H and O–H groups in total. The van der Waals surface area contributed by atoms with Crippen LogP contribution in [-0.2, 0) is 27.4 Å². The molecule has 1 saturated heterocycles. The molecule has 0 radical (unpaired) electrons. The quantitative estimate of drug-likeness (QED) is 0.646. The average Bonchev–Trinajstić information content (AvgIpc) is 2.90. The number of rotatable bonds is 8. The minimum absolute atomic E-state index is 0.0336. The molecule has 2 aromatic rings. The Balaban J connectivity index is 1.67. The standard InChI is InChI=1S/C23H29FN4O3/c1-17(2)12-27-13-21(31-16-18-4-3-5-19(24)10-18)14-28(15-23(27)30)22(29)7-6-20-11-25-8-9-26-20/h3-5,8-11,17,21H,6-7,12-16H2,1-2H3. The fourth-order valence-electron chi connectivity index (χ4n) is 3.58. The number of aryl methyl sites for hydroxylation is 1. The van der Waals surface area contributed by atoms with Crippen molar-refractivity contribution in [3.05, 3.63) is 59.9 Å². The third-order valence-electron chi connectivity index (χ3n) is 5.05. The van der Waals surface area contributed by atoms with Crippen molar-refractivity contribution in [3.8, 4) is 0 Å². The highest BCUT2D eigenvalue weighted by molar-refractivity contribution is 5.85. The van der Waals surface area contributed by atoms with Crippen LogP contribution in [0.1, 0.15) is 31.5 Å². The van der Waals surface area contributed by atoms with E-state index in [0.717, 1.165) is 5.69 Å². The second-order valence-electron chi connectivity index (χ2n) is 8.23. The van der Waals surface area contributed by atoms with E-state index in [9.17, 15) is 14.0 Å². The monoisotopic (exact) mass is 428 g/mol.